The molecule has 0 bridgehead atoms. The topological polar surface area (TPSA) is 82.0 Å². The number of oxime groups is 1. The minimum Gasteiger partial charge on any atom is -0.464 e. The van der Waals surface area contributed by atoms with Crippen LogP contribution in [0.15, 0.2) is 63.5 Å². The number of rotatable bonds is 4. The number of methoxy groups -OCH3 is 1. The summed E-state index contributed by atoms with van der Waals surface area (Å²) in [7, 11) is -2.94. The summed E-state index contributed by atoms with van der Waals surface area (Å²) in [6.07, 6.45) is 0. The van der Waals surface area contributed by atoms with Crippen LogP contribution in [-0.4, -0.2) is 26.5 Å². The molecule has 0 N–H and O–H groups in total. The van der Waals surface area contributed by atoms with Gasteiger partial charge in [-0.2, -0.15) is 8.42 Å². The summed E-state index contributed by atoms with van der Waals surface area (Å²) in [5.41, 5.74) is 1.96. The summed E-state index contributed by atoms with van der Waals surface area (Å²) in [4.78, 5) is 12.5. The van der Waals surface area contributed by atoms with Crippen LogP contribution in [0.4, 0.5) is 0 Å². The SMILES string of the molecule is COC(=O)/C(=N/OS(=O)(=O)c1ccc(C)cc1)Sc1ccc(C)cc1. The van der Waals surface area contributed by atoms with E-state index in [-0.39, 0.29) is 9.94 Å². The monoisotopic (exact) mass is 379 g/mol. The van der Waals surface area contributed by atoms with Crippen molar-refractivity contribution in [1.29, 1.82) is 0 Å². The van der Waals surface area contributed by atoms with Gasteiger partial charge in [-0.05, 0) is 38.1 Å². The van der Waals surface area contributed by atoms with Crippen molar-refractivity contribution in [1.82, 2.24) is 0 Å². The van der Waals surface area contributed by atoms with Crippen molar-refractivity contribution in [2.75, 3.05) is 7.11 Å². The van der Waals surface area contributed by atoms with Crippen molar-refractivity contribution in [2.45, 2.75) is 23.6 Å². The number of esters is 1. The van der Waals surface area contributed by atoms with Gasteiger partial charge in [-0.3, -0.25) is 4.28 Å². The molecule has 132 valence electrons. The summed E-state index contributed by atoms with van der Waals surface area (Å²) in [5.74, 6) is -0.787. The third kappa shape index (κ3) is 5.33. The molecule has 8 heteroatoms. The zero-order valence-corrected chi connectivity index (χ0v) is 15.6. The van der Waals surface area contributed by atoms with E-state index in [9.17, 15) is 13.2 Å². The normalized spacial score (nSPS) is 11.9. The molecular weight excluding hydrogens is 362 g/mol. The Hall–Kier alpha value is -2.32. The van der Waals surface area contributed by atoms with E-state index in [1.54, 1.807) is 24.3 Å². The average Bonchev–Trinajstić information content (AvgIpc) is 2.60. The molecule has 2 aromatic carbocycles. The highest BCUT2D eigenvalue weighted by atomic mass is 32.2. The number of carbonyl (C=O) groups is 1. The van der Waals surface area contributed by atoms with Crippen LogP contribution < -0.4 is 0 Å². The molecule has 0 aliphatic heterocycles. The number of nitrogens with zero attached hydrogens (tertiary/aromatic N) is 1. The Labute approximate surface area is 151 Å². The molecule has 0 fully saturated rings. The molecule has 0 aromatic heterocycles. The third-order valence-corrected chi connectivity index (χ3v) is 5.19. The first-order chi connectivity index (χ1) is 11.8. The molecule has 2 aromatic rings. The number of aryl methyl sites for hydroxylation is 2. The van der Waals surface area contributed by atoms with Crippen LogP contribution in [0.5, 0.6) is 0 Å². The van der Waals surface area contributed by atoms with Crippen LogP contribution in [0.2, 0.25) is 0 Å². The Balaban J connectivity index is 2.23. The Morgan fingerprint density at radius 3 is 2.00 bits per heavy atom. The highest BCUT2D eigenvalue weighted by Crippen LogP contribution is 2.22. The lowest BCUT2D eigenvalue weighted by Gasteiger charge is -2.06. The number of carbonyl (C=O) groups excluding carboxylic acids is 1. The predicted molar refractivity (Wildman–Crippen MR) is 95.9 cm³/mol. The molecule has 0 amide bonds. The van der Waals surface area contributed by atoms with Gasteiger partial charge in [0, 0.05) is 4.90 Å². The van der Waals surface area contributed by atoms with Gasteiger partial charge in [0.25, 0.3) is 0 Å². The van der Waals surface area contributed by atoms with Gasteiger partial charge in [-0.1, -0.05) is 52.3 Å². The lowest BCUT2D eigenvalue weighted by molar-refractivity contribution is -0.132. The van der Waals surface area contributed by atoms with Crippen LogP contribution in [0, 0.1) is 13.8 Å². The van der Waals surface area contributed by atoms with Crippen molar-refractivity contribution < 1.29 is 22.2 Å². The highest BCUT2D eigenvalue weighted by molar-refractivity contribution is 8.15. The lowest BCUT2D eigenvalue weighted by Crippen LogP contribution is -2.14. The second kappa shape index (κ2) is 8.17. The molecule has 2 rings (SSSR count). The molecule has 0 radical (unpaired) electrons. The molecule has 0 unspecified atom stereocenters. The van der Waals surface area contributed by atoms with Crippen molar-refractivity contribution in [3.8, 4) is 0 Å². The van der Waals surface area contributed by atoms with Gasteiger partial charge < -0.3 is 4.74 Å². The number of thioether (sulfide) groups is 1. The summed E-state index contributed by atoms with van der Waals surface area (Å²) >= 11 is 0.954. The molecule has 0 heterocycles. The molecule has 25 heavy (non-hydrogen) atoms. The zero-order chi connectivity index (χ0) is 18.4. The van der Waals surface area contributed by atoms with E-state index in [0.717, 1.165) is 22.9 Å². The first kappa shape index (κ1) is 19.0. The molecule has 0 atom stereocenters. The Morgan fingerprint density at radius 1 is 0.960 bits per heavy atom. The first-order valence-corrected chi connectivity index (χ1v) is 9.45. The molecule has 0 saturated carbocycles. The Bertz CT molecular complexity index is 872. The second-order valence-electron chi connectivity index (χ2n) is 5.14. The van der Waals surface area contributed by atoms with Gasteiger partial charge in [0.05, 0.1) is 7.11 Å². The summed E-state index contributed by atoms with van der Waals surface area (Å²) in [6, 6.07) is 13.4. The van der Waals surface area contributed by atoms with Crippen LogP contribution in [-0.2, 0) is 23.9 Å². The molecular formula is C17H17NO5S2. The number of benzene rings is 2. The van der Waals surface area contributed by atoms with E-state index in [1.807, 2.05) is 26.0 Å². The van der Waals surface area contributed by atoms with E-state index >= 15 is 0 Å². The number of hydrogen-bond acceptors (Lipinski definition) is 7. The molecule has 0 aliphatic carbocycles. The summed E-state index contributed by atoms with van der Waals surface area (Å²) in [5, 5.41) is 3.28. The van der Waals surface area contributed by atoms with Gasteiger partial charge in [-0.15, -0.1) is 0 Å². The highest BCUT2D eigenvalue weighted by Gasteiger charge is 2.20. The molecule has 0 saturated heterocycles. The Kier molecular flexibility index (Phi) is 6.22. The van der Waals surface area contributed by atoms with Gasteiger partial charge in [0.1, 0.15) is 4.90 Å². The fourth-order valence-electron chi connectivity index (χ4n) is 1.73. The summed E-state index contributed by atoms with van der Waals surface area (Å²) < 4.78 is 33.6. The predicted octanol–water partition coefficient (Wildman–Crippen LogP) is 3.29. The average molecular weight is 379 g/mol. The van der Waals surface area contributed by atoms with Crippen molar-refractivity contribution in [2.24, 2.45) is 5.16 Å². The van der Waals surface area contributed by atoms with Gasteiger partial charge >= 0.3 is 16.1 Å². The quantitative estimate of drug-likeness (QED) is 0.267. The lowest BCUT2D eigenvalue weighted by atomic mass is 10.2. The minimum absolute atomic E-state index is 0.0496. The van der Waals surface area contributed by atoms with Crippen molar-refractivity contribution in [3.05, 3.63) is 59.7 Å². The maximum Gasteiger partial charge on any atom is 0.367 e. The molecule has 6 nitrogen and oxygen atoms in total. The zero-order valence-electron chi connectivity index (χ0n) is 13.9. The Morgan fingerprint density at radius 2 is 1.48 bits per heavy atom. The first-order valence-electron chi connectivity index (χ1n) is 7.23. The van der Waals surface area contributed by atoms with Gasteiger partial charge in [0.15, 0.2) is 0 Å². The van der Waals surface area contributed by atoms with Crippen LogP contribution in [0.1, 0.15) is 11.1 Å². The van der Waals surface area contributed by atoms with Crippen LogP contribution in [0.3, 0.4) is 0 Å². The maximum atomic E-state index is 12.2. The standard InChI is InChI=1S/C17H17NO5S2/c1-12-4-8-14(9-5-12)24-16(17(19)22-3)18-23-25(20,21)15-10-6-13(2)7-11-15/h4-11H,1-3H3/b18-16-. The number of ether oxygens (including phenoxy) is 1. The van der Waals surface area contributed by atoms with E-state index in [2.05, 4.69) is 14.2 Å². The molecule has 0 spiro atoms. The maximum absolute atomic E-state index is 12.2. The fourth-order valence-corrected chi connectivity index (χ4v) is 3.25. The van der Waals surface area contributed by atoms with E-state index in [4.69, 9.17) is 0 Å². The van der Waals surface area contributed by atoms with Crippen molar-refractivity contribution >= 4 is 32.9 Å². The largest absolute Gasteiger partial charge is 0.464 e. The van der Waals surface area contributed by atoms with E-state index in [1.165, 1.54) is 19.2 Å². The van der Waals surface area contributed by atoms with Crippen LogP contribution >= 0.6 is 11.8 Å². The molecule has 0 aliphatic rings. The van der Waals surface area contributed by atoms with Gasteiger partial charge in [0.2, 0.25) is 5.04 Å². The number of hydrogen-bond donors (Lipinski definition) is 0. The van der Waals surface area contributed by atoms with Crippen LogP contribution in [0.25, 0.3) is 0 Å². The third-order valence-electron chi connectivity index (χ3n) is 3.12. The van der Waals surface area contributed by atoms with Gasteiger partial charge in [-0.25, -0.2) is 4.79 Å². The smallest absolute Gasteiger partial charge is 0.367 e. The fraction of sp³-hybridized carbons (Fsp3) is 0.176. The van der Waals surface area contributed by atoms with E-state index in [0.29, 0.717) is 4.90 Å². The second-order valence-corrected chi connectivity index (χ2v) is 7.74. The summed E-state index contributed by atoms with van der Waals surface area (Å²) in [6.45, 7) is 3.77. The minimum atomic E-state index is -4.12. The van der Waals surface area contributed by atoms with E-state index < -0.39 is 16.1 Å². The van der Waals surface area contributed by atoms with Crippen molar-refractivity contribution in [3.63, 3.8) is 0 Å².